The van der Waals surface area contributed by atoms with E-state index in [1.807, 2.05) is 34.9 Å². The lowest BCUT2D eigenvalue weighted by Gasteiger charge is -2.39. The highest BCUT2D eigenvalue weighted by atomic mass is 32.2. The highest BCUT2D eigenvalue weighted by Gasteiger charge is 2.50. The molecule has 0 spiro atoms. The Morgan fingerprint density at radius 3 is 2.81 bits per heavy atom. The fourth-order valence-electron chi connectivity index (χ4n) is 5.68. The number of benzene rings is 1. The molecule has 2 aromatic rings. The Balaban J connectivity index is 1.51. The van der Waals surface area contributed by atoms with Gasteiger partial charge in [-0.3, -0.25) is 9.36 Å². The molecule has 7 heteroatoms. The van der Waals surface area contributed by atoms with E-state index >= 15 is 0 Å². The van der Waals surface area contributed by atoms with Crippen LogP contribution in [0.15, 0.2) is 42.1 Å². The lowest BCUT2D eigenvalue weighted by molar-refractivity contribution is -0.129. The van der Waals surface area contributed by atoms with Crippen LogP contribution in [0.4, 0.5) is 0 Å². The lowest BCUT2D eigenvalue weighted by atomic mass is 9.65. The summed E-state index contributed by atoms with van der Waals surface area (Å²) >= 11 is 1.45. The minimum absolute atomic E-state index is 0.198. The van der Waals surface area contributed by atoms with Gasteiger partial charge in [0.05, 0.1) is 18.4 Å². The number of carbonyl (C=O) groups is 1. The molecule has 4 rings (SSSR count). The summed E-state index contributed by atoms with van der Waals surface area (Å²) in [5, 5.41) is 9.53. The first-order chi connectivity index (χ1) is 14.8. The fourth-order valence-corrected chi connectivity index (χ4v) is 6.51. The summed E-state index contributed by atoms with van der Waals surface area (Å²) in [6, 6.07) is 8.12. The number of allylic oxidation sites excluding steroid dienone is 1. The van der Waals surface area contributed by atoms with E-state index < -0.39 is 0 Å². The van der Waals surface area contributed by atoms with E-state index in [2.05, 4.69) is 42.4 Å². The third-order valence-corrected chi connectivity index (χ3v) is 7.39. The molecule has 2 bridgehead atoms. The number of thioether (sulfide) groups is 1. The second-order valence-electron chi connectivity index (χ2n) is 9.93. The number of hydrogen-bond donors (Lipinski definition) is 0. The van der Waals surface area contributed by atoms with E-state index in [4.69, 9.17) is 4.74 Å². The number of para-hydroxylation sites is 1. The third kappa shape index (κ3) is 4.38. The summed E-state index contributed by atoms with van der Waals surface area (Å²) in [5.74, 6) is 2.03. The lowest BCUT2D eigenvalue weighted by Crippen LogP contribution is -2.38. The van der Waals surface area contributed by atoms with E-state index in [9.17, 15) is 4.79 Å². The Labute approximate surface area is 189 Å². The minimum atomic E-state index is 0.198. The van der Waals surface area contributed by atoms with Crippen molar-refractivity contribution >= 4 is 17.7 Å². The van der Waals surface area contributed by atoms with Crippen LogP contribution < -0.4 is 4.74 Å². The molecule has 0 radical (unpaired) electrons. The van der Waals surface area contributed by atoms with E-state index in [1.54, 1.807) is 7.11 Å². The number of fused-ring (bicyclic) bond motifs is 2. The van der Waals surface area contributed by atoms with E-state index in [-0.39, 0.29) is 11.3 Å². The van der Waals surface area contributed by atoms with Crippen molar-refractivity contribution in [3.63, 3.8) is 0 Å². The second-order valence-corrected chi connectivity index (χ2v) is 10.9. The van der Waals surface area contributed by atoms with Crippen LogP contribution in [0.1, 0.15) is 40.0 Å². The molecule has 1 aromatic heterocycles. The number of nitrogens with zero attached hydrogens (tertiary/aromatic N) is 4. The normalized spacial score (nSPS) is 24.3. The predicted octanol–water partition coefficient (Wildman–Crippen LogP) is 4.66. The maximum atomic E-state index is 13.2. The van der Waals surface area contributed by atoms with Gasteiger partial charge in [0.25, 0.3) is 0 Å². The first kappa shape index (κ1) is 21.9. The molecule has 31 heavy (non-hydrogen) atoms. The zero-order valence-corrected chi connectivity index (χ0v) is 19.7. The van der Waals surface area contributed by atoms with Gasteiger partial charge in [0.1, 0.15) is 5.75 Å². The SMILES string of the molecule is C=CCn1c(SCC(=O)N2C[C@]3(C)C[C@H]2CC(C)(C)C3)nnc1-c1ccccc1OC. The maximum absolute atomic E-state index is 13.2. The average molecular weight is 441 g/mol. The molecule has 2 aliphatic rings. The second kappa shape index (κ2) is 8.34. The van der Waals surface area contributed by atoms with Gasteiger partial charge in [0.15, 0.2) is 11.0 Å². The molecule has 0 N–H and O–H groups in total. The van der Waals surface area contributed by atoms with Crippen LogP contribution >= 0.6 is 11.8 Å². The summed E-state index contributed by atoms with van der Waals surface area (Å²) in [4.78, 5) is 15.3. The Kier molecular flexibility index (Phi) is 5.90. The smallest absolute Gasteiger partial charge is 0.233 e. The zero-order chi connectivity index (χ0) is 22.2. The monoisotopic (exact) mass is 440 g/mol. The van der Waals surface area contributed by atoms with Crippen molar-refractivity contribution < 1.29 is 9.53 Å². The van der Waals surface area contributed by atoms with E-state index in [0.717, 1.165) is 41.7 Å². The van der Waals surface area contributed by atoms with Crippen LogP contribution in [0.3, 0.4) is 0 Å². The van der Waals surface area contributed by atoms with Crippen LogP contribution in [-0.4, -0.2) is 51.0 Å². The summed E-state index contributed by atoms with van der Waals surface area (Å²) in [5.41, 5.74) is 1.42. The highest BCUT2D eigenvalue weighted by Crippen LogP contribution is 2.52. The molecule has 2 fully saturated rings. The van der Waals surface area contributed by atoms with Gasteiger partial charge in [-0.2, -0.15) is 0 Å². The van der Waals surface area contributed by atoms with Crippen LogP contribution in [0.2, 0.25) is 0 Å². The number of rotatable bonds is 7. The van der Waals surface area contributed by atoms with Gasteiger partial charge in [0, 0.05) is 19.1 Å². The molecule has 6 nitrogen and oxygen atoms in total. The fraction of sp³-hybridized carbons (Fsp3) is 0.542. The van der Waals surface area contributed by atoms with Crippen LogP contribution in [0.5, 0.6) is 5.75 Å². The highest BCUT2D eigenvalue weighted by molar-refractivity contribution is 7.99. The molecule has 1 amide bonds. The Morgan fingerprint density at radius 2 is 2.06 bits per heavy atom. The third-order valence-electron chi connectivity index (χ3n) is 6.44. The van der Waals surface area contributed by atoms with Crippen molar-refractivity contribution in [1.29, 1.82) is 0 Å². The van der Waals surface area contributed by atoms with Crippen molar-refractivity contribution in [2.75, 3.05) is 19.4 Å². The van der Waals surface area contributed by atoms with Crippen molar-refractivity contribution in [2.24, 2.45) is 10.8 Å². The number of likely N-dealkylation sites (tertiary alicyclic amines) is 1. The molecule has 0 unspecified atom stereocenters. The quantitative estimate of drug-likeness (QED) is 0.463. The van der Waals surface area contributed by atoms with E-state index in [0.29, 0.717) is 23.8 Å². The van der Waals surface area contributed by atoms with Gasteiger partial charge >= 0.3 is 0 Å². The standard InChI is InChI=1S/C24H32N4O2S/c1-6-11-27-21(18-9-7-8-10-19(18)30-5)25-26-22(27)31-14-20(29)28-16-24(4)13-17(28)12-23(2,3)15-24/h6-10,17H,1,11-16H2,2-5H3/t17-,24-/m1/s1. The first-order valence-electron chi connectivity index (χ1n) is 10.8. The molecule has 1 aliphatic carbocycles. The minimum Gasteiger partial charge on any atom is -0.496 e. The zero-order valence-electron chi connectivity index (χ0n) is 18.9. The molecule has 2 atom stereocenters. The van der Waals surface area contributed by atoms with Crippen molar-refractivity contribution in [2.45, 2.75) is 57.8 Å². The molecule has 1 aliphatic heterocycles. The molecule has 1 aromatic carbocycles. The van der Waals surface area contributed by atoms with Gasteiger partial charge in [-0.25, -0.2) is 0 Å². The van der Waals surface area contributed by atoms with E-state index in [1.165, 1.54) is 18.2 Å². The predicted molar refractivity (Wildman–Crippen MR) is 124 cm³/mol. The Bertz CT molecular complexity index is 986. The average Bonchev–Trinajstić information content (AvgIpc) is 3.22. The summed E-state index contributed by atoms with van der Waals surface area (Å²) < 4.78 is 7.50. The van der Waals surface area contributed by atoms with Crippen molar-refractivity contribution in [3.8, 4) is 17.1 Å². The van der Waals surface area contributed by atoms with Gasteiger partial charge in [-0.05, 0) is 42.2 Å². The molecular formula is C24H32N4O2S. The van der Waals surface area contributed by atoms with Crippen LogP contribution in [0.25, 0.3) is 11.4 Å². The summed E-state index contributed by atoms with van der Waals surface area (Å²) in [7, 11) is 1.65. The molecule has 166 valence electrons. The number of methoxy groups -OCH3 is 1. The number of ether oxygens (including phenoxy) is 1. The number of amides is 1. The number of carbonyl (C=O) groups excluding carboxylic acids is 1. The number of hydrogen-bond acceptors (Lipinski definition) is 5. The molecule has 1 saturated heterocycles. The van der Waals surface area contributed by atoms with Crippen molar-refractivity contribution in [3.05, 3.63) is 36.9 Å². The van der Waals surface area contributed by atoms with Gasteiger partial charge in [-0.1, -0.05) is 50.7 Å². The van der Waals surface area contributed by atoms with Gasteiger partial charge in [-0.15, -0.1) is 16.8 Å². The van der Waals surface area contributed by atoms with Crippen molar-refractivity contribution in [1.82, 2.24) is 19.7 Å². The van der Waals surface area contributed by atoms with Gasteiger partial charge in [0.2, 0.25) is 5.91 Å². The molecule has 2 heterocycles. The topological polar surface area (TPSA) is 60.2 Å². The van der Waals surface area contributed by atoms with Crippen LogP contribution in [0, 0.1) is 10.8 Å². The summed E-state index contributed by atoms with van der Waals surface area (Å²) in [6.45, 7) is 12.3. The molecular weight excluding hydrogens is 408 g/mol. The largest absolute Gasteiger partial charge is 0.496 e. The molecule has 1 saturated carbocycles. The Morgan fingerprint density at radius 1 is 1.29 bits per heavy atom. The van der Waals surface area contributed by atoms with Gasteiger partial charge < -0.3 is 9.64 Å². The number of aromatic nitrogens is 3. The summed E-state index contributed by atoms with van der Waals surface area (Å²) in [6.07, 6.45) is 5.21. The maximum Gasteiger partial charge on any atom is 0.233 e. The van der Waals surface area contributed by atoms with Crippen LogP contribution in [-0.2, 0) is 11.3 Å². The Hall–Kier alpha value is -2.28. The first-order valence-corrected chi connectivity index (χ1v) is 11.8.